The molecule has 0 aromatic carbocycles. The van der Waals surface area contributed by atoms with Gasteiger partial charge < -0.3 is 23.6 Å². The van der Waals surface area contributed by atoms with Gasteiger partial charge in [-0.25, -0.2) is 19.9 Å². The van der Waals surface area contributed by atoms with Crippen LogP contribution < -0.4 is 9.80 Å². The van der Waals surface area contributed by atoms with E-state index in [4.69, 9.17) is 33.0 Å². The normalized spacial score (nSPS) is 20.2. The first-order chi connectivity index (χ1) is 19.8. The maximum Gasteiger partial charge on any atom is 0.190 e. The van der Waals surface area contributed by atoms with Crippen molar-refractivity contribution >= 4 is 70.9 Å². The molecule has 3 saturated heterocycles. The zero-order valence-corrected chi connectivity index (χ0v) is 26.9. The van der Waals surface area contributed by atoms with Crippen molar-refractivity contribution in [3.8, 4) is 0 Å². The molecule has 15 heteroatoms. The topological polar surface area (TPSA) is 96.7 Å². The van der Waals surface area contributed by atoms with E-state index in [1.807, 2.05) is 19.4 Å². The minimum atomic E-state index is 0.231. The average molecular weight is 643 g/mol. The van der Waals surface area contributed by atoms with Crippen molar-refractivity contribution in [3.63, 3.8) is 0 Å². The molecule has 3 aliphatic heterocycles. The van der Waals surface area contributed by atoms with Gasteiger partial charge in [-0.15, -0.1) is 0 Å². The number of carbonyl (C=O) groups is 1. The highest BCUT2D eigenvalue weighted by Gasteiger charge is 2.45. The number of aldehydes is 1. The van der Waals surface area contributed by atoms with Crippen LogP contribution in [0.4, 0.5) is 11.6 Å². The zero-order chi connectivity index (χ0) is 29.0. The highest BCUT2D eigenvalue weighted by molar-refractivity contribution is 7.98. The van der Waals surface area contributed by atoms with Crippen LogP contribution in [-0.4, -0.2) is 139 Å². The van der Waals surface area contributed by atoms with Crippen molar-refractivity contribution in [1.29, 1.82) is 0 Å². The number of nitrogens with zero attached hydrogens (tertiary/aromatic N) is 9. The molecule has 5 heterocycles. The molecule has 0 bridgehead atoms. The van der Waals surface area contributed by atoms with Crippen LogP contribution in [0.15, 0.2) is 15.5 Å². The van der Waals surface area contributed by atoms with Crippen LogP contribution in [0.1, 0.15) is 22.8 Å². The number of thioether (sulfide) groups is 2. The smallest absolute Gasteiger partial charge is 0.190 e. The number of quaternary nitrogens is 2. The summed E-state index contributed by atoms with van der Waals surface area (Å²) in [5.41, 5.74) is 1.10. The number of aromatic nitrogens is 4. The van der Waals surface area contributed by atoms with Crippen LogP contribution in [0, 0.1) is 0 Å². The van der Waals surface area contributed by atoms with Crippen molar-refractivity contribution in [2.24, 2.45) is 5.16 Å². The molecule has 2 spiro atoms. The van der Waals surface area contributed by atoms with E-state index >= 15 is 0 Å². The van der Waals surface area contributed by atoms with E-state index in [-0.39, 0.29) is 5.15 Å². The molecule has 3 fully saturated rings. The number of hydrogen-bond donors (Lipinski definition) is 0. The van der Waals surface area contributed by atoms with Gasteiger partial charge in [-0.1, -0.05) is 51.9 Å². The molecule has 0 atom stereocenters. The molecular weight excluding hydrogens is 605 g/mol. The summed E-state index contributed by atoms with van der Waals surface area (Å²) in [4.78, 5) is 39.6. The Morgan fingerprint density at radius 2 is 1.22 bits per heavy atom. The summed E-state index contributed by atoms with van der Waals surface area (Å²) in [6, 6.07) is 0. The third kappa shape index (κ3) is 6.54. The third-order valence-electron chi connectivity index (χ3n) is 8.66. The van der Waals surface area contributed by atoms with E-state index in [9.17, 15) is 4.79 Å². The Morgan fingerprint density at radius 3 is 1.63 bits per heavy atom. The molecule has 0 unspecified atom stereocenters. The second-order valence-corrected chi connectivity index (χ2v) is 13.0. The Balaban J connectivity index is 1.21. The average Bonchev–Trinajstić information content (AvgIpc) is 3.00. The summed E-state index contributed by atoms with van der Waals surface area (Å²) < 4.78 is 2.27. The van der Waals surface area contributed by atoms with Gasteiger partial charge in [0.1, 0.15) is 54.7 Å². The van der Waals surface area contributed by atoms with Crippen LogP contribution in [0.2, 0.25) is 10.3 Å². The first-order valence-electron chi connectivity index (χ1n) is 13.9. The van der Waals surface area contributed by atoms with Gasteiger partial charge in [0.2, 0.25) is 0 Å². The fourth-order valence-corrected chi connectivity index (χ4v) is 7.28. The van der Waals surface area contributed by atoms with Crippen LogP contribution in [-0.2, 0) is 4.84 Å². The van der Waals surface area contributed by atoms with E-state index in [0.717, 1.165) is 86.5 Å². The molecule has 3 aliphatic rings. The van der Waals surface area contributed by atoms with Gasteiger partial charge in [0.25, 0.3) is 0 Å². The molecular formula is C26H37Cl2N9O2S2+2. The molecule has 11 nitrogen and oxygen atoms in total. The lowest BCUT2D eigenvalue weighted by molar-refractivity contribution is -1.03. The summed E-state index contributed by atoms with van der Waals surface area (Å²) in [5, 5.41) is 5.93. The Bertz CT molecular complexity index is 1270. The van der Waals surface area contributed by atoms with Gasteiger partial charge in [0.05, 0.1) is 69.7 Å². The van der Waals surface area contributed by atoms with Gasteiger partial charge in [-0.3, -0.25) is 4.79 Å². The van der Waals surface area contributed by atoms with E-state index in [1.165, 1.54) is 36.6 Å². The minimum absolute atomic E-state index is 0.231. The fourth-order valence-electron chi connectivity index (χ4n) is 6.03. The minimum Gasteiger partial charge on any atom is -0.396 e. The summed E-state index contributed by atoms with van der Waals surface area (Å²) >= 11 is 15.8. The number of piperazine rings is 3. The van der Waals surface area contributed by atoms with E-state index < -0.39 is 0 Å². The number of anilines is 2. The first kappa shape index (κ1) is 30.6. The monoisotopic (exact) mass is 641 g/mol. The SMILES string of the molecule is CCO/N=C\c1c(Cl)nc(SC)nc1N1CC[N+]2(CC1)CC[N+]1(CCN(c3nc(SC)nc(Cl)c3C=O)CC1)CC2. The van der Waals surface area contributed by atoms with Gasteiger partial charge in [-0.05, 0) is 19.4 Å². The predicted molar refractivity (Wildman–Crippen MR) is 166 cm³/mol. The summed E-state index contributed by atoms with van der Waals surface area (Å²) in [5.74, 6) is 1.50. The maximum atomic E-state index is 11.8. The van der Waals surface area contributed by atoms with Crippen molar-refractivity contribution in [2.45, 2.75) is 17.2 Å². The summed E-state index contributed by atoms with van der Waals surface area (Å²) in [7, 11) is 0. The predicted octanol–water partition coefficient (Wildman–Crippen LogP) is 3.19. The number of carbonyl (C=O) groups excluding carboxylic acids is 1. The van der Waals surface area contributed by atoms with E-state index in [0.29, 0.717) is 39.0 Å². The number of rotatable bonds is 8. The standard InChI is InChI=1S/C26H37Cl2N9O2S2/c1-4-39-29-17-19-21(27)30-25(40-2)32-23(19)34-5-9-36(10-6-34)13-15-37(16-14-36)11-7-35(8-12-37)24-20(18-38)22(28)31-26(33-24)41-3/h17-18H,4-16H2,1-3H3/q+2/b29-17-. The second kappa shape index (κ2) is 13.2. The van der Waals surface area contributed by atoms with Gasteiger partial charge in [-0.2, -0.15) is 0 Å². The molecule has 0 amide bonds. The molecule has 2 aromatic rings. The van der Waals surface area contributed by atoms with Crippen molar-refractivity contribution in [3.05, 3.63) is 21.4 Å². The number of halogens is 2. The van der Waals surface area contributed by atoms with Crippen LogP contribution >= 0.6 is 46.7 Å². The van der Waals surface area contributed by atoms with Gasteiger partial charge in [0.15, 0.2) is 16.6 Å². The van der Waals surface area contributed by atoms with Crippen LogP contribution in [0.5, 0.6) is 0 Å². The lowest BCUT2D eigenvalue weighted by Gasteiger charge is -2.54. The summed E-state index contributed by atoms with van der Waals surface area (Å²) in [6.45, 7) is 14.8. The summed E-state index contributed by atoms with van der Waals surface area (Å²) in [6.07, 6.45) is 6.28. The highest BCUT2D eigenvalue weighted by Crippen LogP contribution is 2.31. The molecule has 0 saturated carbocycles. The molecule has 41 heavy (non-hydrogen) atoms. The highest BCUT2D eigenvalue weighted by atomic mass is 35.5. The lowest BCUT2D eigenvalue weighted by Crippen LogP contribution is -2.73. The molecule has 5 rings (SSSR count). The van der Waals surface area contributed by atoms with E-state index in [2.05, 4.69) is 29.9 Å². The van der Waals surface area contributed by atoms with Crippen LogP contribution in [0.25, 0.3) is 0 Å². The molecule has 2 aromatic heterocycles. The Kier molecular flexibility index (Phi) is 9.82. The van der Waals surface area contributed by atoms with Crippen molar-refractivity contribution in [2.75, 3.05) is 107 Å². The number of oxime groups is 1. The van der Waals surface area contributed by atoms with Gasteiger partial charge in [0, 0.05) is 0 Å². The zero-order valence-electron chi connectivity index (χ0n) is 23.8. The molecule has 0 N–H and O–H groups in total. The third-order valence-corrected chi connectivity index (χ3v) is 10.3. The Labute approximate surface area is 259 Å². The molecule has 222 valence electrons. The Morgan fingerprint density at radius 1 is 0.780 bits per heavy atom. The Hall–Kier alpha value is -1.90. The first-order valence-corrected chi connectivity index (χ1v) is 17.1. The fraction of sp³-hybridized carbons (Fsp3) is 0.615. The van der Waals surface area contributed by atoms with Crippen molar-refractivity contribution in [1.82, 2.24) is 19.9 Å². The molecule has 0 radical (unpaired) electrons. The van der Waals surface area contributed by atoms with E-state index in [1.54, 1.807) is 6.21 Å². The maximum absolute atomic E-state index is 11.8. The van der Waals surface area contributed by atoms with Gasteiger partial charge >= 0.3 is 0 Å². The molecule has 0 aliphatic carbocycles. The van der Waals surface area contributed by atoms with Crippen molar-refractivity contribution < 1.29 is 18.6 Å². The second-order valence-electron chi connectivity index (χ2n) is 10.7. The largest absolute Gasteiger partial charge is 0.396 e. The number of hydrogen-bond acceptors (Lipinski definition) is 11. The quantitative estimate of drug-likeness (QED) is 0.0813. The lowest BCUT2D eigenvalue weighted by atomic mass is 10.1. The van der Waals surface area contributed by atoms with Crippen LogP contribution in [0.3, 0.4) is 0 Å².